The van der Waals surface area contributed by atoms with Gasteiger partial charge in [0.25, 0.3) is 5.91 Å². The van der Waals surface area contributed by atoms with Gasteiger partial charge in [0, 0.05) is 12.1 Å². The zero-order valence-electron chi connectivity index (χ0n) is 16.3. The van der Waals surface area contributed by atoms with Gasteiger partial charge >= 0.3 is 5.97 Å². The van der Waals surface area contributed by atoms with E-state index >= 15 is 0 Å². The van der Waals surface area contributed by atoms with Gasteiger partial charge < -0.3 is 14.8 Å². The van der Waals surface area contributed by atoms with Crippen LogP contribution in [0, 0.1) is 0 Å². The number of sulfone groups is 1. The molecule has 154 valence electrons. The van der Waals surface area contributed by atoms with Gasteiger partial charge in [-0.25, -0.2) is 13.2 Å². The predicted molar refractivity (Wildman–Crippen MR) is 110 cm³/mol. The number of nitrogens with one attached hydrogen (secondary N) is 1. The molecule has 2 aromatic carbocycles. The molecular weight excluding hydrogens is 394 g/mol. The van der Waals surface area contributed by atoms with E-state index in [1.165, 1.54) is 13.0 Å². The molecule has 0 spiro atoms. The van der Waals surface area contributed by atoms with Crippen molar-refractivity contribution in [3.63, 3.8) is 0 Å². The number of amides is 1. The Bertz CT molecular complexity index is 1060. The minimum Gasteiger partial charge on any atom is -0.497 e. The van der Waals surface area contributed by atoms with Crippen LogP contribution < -0.4 is 10.1 Å². The van der Waals surface area contributed by atoms with Gasteiger partial charge in [-0.1, -0.05) is 18.2 Å². The van der Waals surface area contributed by atoms with Crippen molar-refractivity contribution in [1.29, 1.82) is 0 Å². The van der Waals surface area contributed by atoms with Gasteiger partial charge in [0.1, 0.15) is 5.75 Å². The smallest absolute Gasteiger partial charge is 0.331 e. The largest absolute Gasteiger partial charge is 0.497 e. The second-order valence-corrected chi connectivity index (χ2v) is 9.22. The molecule has 0 bridgehead atoms. The molecule has 0 unspecified atom stereocenters. The third-order valence-electron chi connectivity index (χ3n) is 4.72. The van der Waals surface area contributed by atoms with Crippen LogP contribution in [-0.2, 0) is 24.2 Å². The summed E-state index contributed by atoms with van der Waals surface area (Å²) in [4.78, 5) is 24.1. The van der Waals surface area contributed by atoms with Gasteiger partial charge in [0.2, 0.25) is 0 Å². The third-order valence-corrected chi connectivity index (χ3v) is 6.49. The van der Waals surface area contributed by atoms with Crippen molar-refractivity contribution < 1.29 is 27.5 Å². The van der Waals surface area contributed by atoms with Crippen LogP contribution in [0.25, 0.3) is 16.8 Å². The van der Waals surface area contributed by atoms with Crippen molar-refractivity contribution >= 4 is 38.6 Å². The summed E-state index contributed by atoms with van der Waals surface area (Å²) >= 11 is 0. The Morgan fingerprint density at radius 2 is 1.90 bits per heavy atom. The van der Waals surface area contributed by atoms with Crippen molar-refractivity contribution in [3.05, 3.63) is 48.0 Å². The molecule has 8 heteroatoms. The van der Waals surface area contributed by atoms with Crippen LogP contribution in [0.5, 0.6) is 5.75 Å². The summed E-state index contributed by atoms with van der Waals surface area (Å²) < 4.78 is 33.2. The summed E-state index contributed by atoms with van der Waals surface area (Å²) in [5, 5.41) is 4.63. The summed E-state index contributed by atoms with van der Waals surface area (Å²) in [6.07, 6.45) is 2.23. The van der Waals surface area contributed by atoms with E-state index in [1.807, 2.05) is 36.4 Å². The Kier molecular flexibility index (Phi) is 6.22. The molecule has 1 fully saturated rings. The van der Waals surface area contributed by atoms with Gasteiger partial charge in [-0.2, -0.15) is 0 Å². The third kappa shape index (κ3) is 5.57. The molecular formula is C21H23NO6S. The standard InChI is InChI=1S/C21H23NO6S/c1-14(21(24)22-18-9-10-29(25,26)13-18)28-20(23)8-4-15-3-5-17-12-19(27-2)7-6-16(17)11-15/h3-8,11-12,14,18H,9-10,13H2,1-2H3,(H,22,24)/b8-4+/t14-,18-/m1/s1. The van der Waals surface area contributed by atoms with Crippen molar-refractivity contribution in [1.82, 2.24) is 5.32 Å². The maximum absolute atomic E-state index is 12.1. The van der Waals surface area contributed by atoms with Gasteiger partial charge in [0.15, 0.2) is 15.9 Å². The lowest BCUT2D eigenvalue weighted by atomic mass is 10.1. The normalized spacial score (nSPS) is 19.2. The highest BCUT2D eigenvalue weighted by Crippen LogP contribution is 2.22. The molecule has 0 aliphatic carbocycles. The lowest BCUT2D eigenvalue weighted by molar-refractivity contribution is -0.150. The first-order chi connectivity index (χ1) is 13.8. The fourth-order valence-electron chi connectivity index (χ4n) is 3.13. The van der Waals surface area contributed by atoms with Gasteiger partial charge in [0.05, 0.1) is 18.6 Å². The van der Waals surface area contributed by atoms with Crippen LogP contribution in [0.4, 0.5) is 0 Å². The predicted octanol–water partition coefficient (Wildman–Crippen LogP) is 2.10. The molecule has 0 saturated carbocycles. The molecule has 7 nitrogen and oxygen atoms in total. The zero-order chi connectivity index (χ0) is 21.0. The van der Waals surface area contributed by atoms with Crippen LogP contribution >= 0.6 is 0 Å². The lowest BCUT2D eigenvalue weighted by Crippen LogP contribution is -2.42. The van der Waals surface area contributed by atoms with E-state index in [-0.39, 0.29) is 11.5 Å². The van der Waals surface area contributed by atoms with E-state index in [2.05, 4.69) is 5.32 Å². The van der Waals surface area contributed by atoms with Crippen molar-refractivity contribution in [3.8, 4) is 5.75 Å². The summed E-state index contributed by atoms with van der Waals surface area (Å²) in [5.74, 6) is -0.401. The summed E-state index contributed by atoms with van der Waals surface area (Å²) in [5.41, 5.74) is 0.813. The Morgan fingerprint density at radius 1 is 1.17 bits per heavy atom. The lowest BCUT2D eigenvalue weighted by Gasteiger charge is -2.15. The SMILES string of the molecule is COc1ccc2cc(/C=C/C(=O)O[C@H](C)C(=O)N[C@@H]3CCS(=O)(=O)C3)ccc2c1. The molecule has 29 heavy (non-hydrogen) atoms. The molecule has 1 aliphatic heterocycles. The highest BCUT2D eigenvalue weighted by molar-refractivity contribution is 7.91. The van der Waals surface area contributed by atoms with Crippen molar-refractivity contribution in [2.24, 2.45) is 0 Å². The van der Waals surface area contributed by atoms with Crippen LogP contribution in [0.1, 0.15) is 18.9 Å². The van der Waals surface area contributed by atoms with Gasteiger partial charge in [-0.3, -0.25) is 4.79 Å². The zero-order valence-corrected chi connectivity index (χ0v) is 17.1. The Balaban J connectivity index is 1.56. The number of methoxy groups -OCH3 is 1. The number of carbonyl (C=O) groups is 2. The molecule has 2 atom stereocenters. The van der Waals surface area contributed by atoms with Crippen molar-refractivity contribution in [2.75, 3.05) is 18.6 Å². The van der Waals surface area contributed by atoms with Gasteiger partial charge in [-0.15, -0.1) is 0 Å². The van der Waals surface area contributed by atoms with Crippen LogP contribution in [-0.4, -0.2) is 51.1 Å². The average Bonchev–Trinajstić information content (AvgIpc) is 3.03. The number of carbonyl (C=O) groups excluding carboxylic acids is 2. The Morgan fingerprint density at radius 3 is 2.59 bits per heavy atom. The van der Waals surface area contributed by atoms with Crippen LogP contribution in [0.2, 0.25) is 0 Å². The number of fused-ring (bicyclic) bond motifs is 1. The molecule has 0 aromatic heterocycles. The van der Waals surface area contributed by atoms with Crippen molar-refractivity contribution in [2.45, 2.75) is 25.5 Å². The highest BCUT2D eigenvalue weighted by Gasteiger charge is 2.30. The maximum atomic E-state index is 12.1. The van der Waals surface area contributed by atoms with Crippen LogP contribution in [0.15, 0.2) is 42.5 Å². The van der Waals surface area contributed by atoms with E-state index in [0.717, 1.165) is 22.1 Å². The summed E-state index contributed by atoms with van der Waals surface area (Å²) in [6, 6.07) is 11.0. The monoisotopic (exact) mass is 417 g/mol. The molecule has 1 saturated heterocycles. The average molecular weight is 417 g/mol. The number of ether oxygens (including phenoxy) is 2. The van der Waals surface area contributed by atoms with E-state index in [9.17, 15) is 18.0 Å². The first-order valence-electron chi connectivity index (χ1n) is 9.23. The highest BCUT2D eigenvalue weighted by atomic mass is 32.2. The number of hydrogen-bond acceptors (Lipinski definition) is 6. The molecule has 1 N–H and O–H groups in total. The van der Waals surface area contributed by atoms with E-state index in [4.69, 9.17) is 9.47 Å². The fraction of sp³-hybridized carbons (Fsp3) is 0.333. The Hall–Kier alpha value is -2.87. The second kappa shape index (κ2) is 8.65. The minimum atomic E-state index is -3.09. The molecule has 0 radical (unpaired) electrons. The summed E-state index contributed by atoms with van der Waals surface area (Å²) in [6.45, 7) is 1.45. The molecule has 2 aromatic rings. The first kappa shape index (κ1) is 20.9. The fourth-order valence-corrected chi connectivity index (χ4v) is 4.80. The number of esters is 1. The quantitative estimate of drug-likeness (QED) is 0.571. The van der Waals surface area contributed by atoms with Crippen LogP contribution in [0.3, 0.4) is 0 Å². The maximum Gasteiger partial charge on any atom is 0.331 e. The number of rotatable bonds is 6. The second-order valence-electron chi connectivity index (χ2n) is 6.99. The first-order valence-corrected chi connectivity index (χ1v) is 11.1. The van der Waals surface area contributed by atoms with E-state index < -0.39 is 33.9 Å². The molecule has 1 amide bonds. The van der Waals surface area contributed by atoms with E-state index in [1.54, 1.807) is 13.2 Å². The van der Waals surface area contributed by atoms with Gasteiger partial charge in [-0.05, 0) is 54.0 Å². The molecule has 1 heterocycles. The topological polar surface area (TPSA) is 98.8 Å². The number of benzene rings is 2. The molecule has 3 rings (SSSR count). The summed E-state index contributed by atoms with van der Waals surface area (Å²) in [7, 11) is -1.48. The Labute approximate surface area is 169 Å². The van der Waals surface area contributed by atoms with E-state index in [0.29, 0.717) is 6.42 Å². The minimum absolute atomic E-state index is 0.0629. The number of hydrogen-bond donors (Lipinski definition) is 1. The molecule has 1 aliphatic rings.